The summed E-state index contributed by atoms with van der Waals surface area (Å²) in [7, 11) is 1.71. The maximum absolute atomic E-state index is 16.8. The molecule has 13 fully saturated rings. The van der Waals surface area contributed by atoms with E-state index in [0.29, 0.717) is 82.3 Å². The van der Waals surface area contributed by atoms with Gasteiger partial charge >= 0.3 is 5.97 Å². The normalized spacial score (nSPS) is 48.8. The van der Waals surface area contributed by atoms with Crippen LogP contribution in [-0.2, 0) is 116 Å². The molecule has 2 aromatic carbocycles. The SMILES string of the molecule is CCC1O[C@@H](OC2[C@H](O[C@H]3CCC4(C)C5CC=C6C7CC(C)(C)CC[C@]7(C(=O)O[C@@H]7O[C@H](CN=[N+]=[N-])[C@H](N=[N+]=[N-])C(C)C7O[C@@H]7O[C@H](C)[C@H](O[C@@H]8OC[C@@H](OCc9ccccc9)C(O[C@@H]9OC[C@]%10(CC)O[C@@H](c%11ccccc%11)OC9%10)C8C)C8OC(C)(C)OC87)C(OC)C[C@@]6(C)[C@@]5(C)CC[C@H]4[C@@]3(C)C=O)OC(C(C)=O)[C@@H](C)[C@@H]2O[C@@H]2OC[C@@H](C)[C@H](C)C2C)C(C)[C@@H](C)[C@H]1C. The highest BCUT2D eigenvalue weighted by Gasteiger charge is 2.74. The van der Waals surface area contributed by atoms with E-state index in [1.54, 1.807) is 14.0 Å². The highest BCUT2D eigenvalue weighted by Crippen LogP contribution is 2.77. The average Bonchev–Trinajstić information content (AvgIpc) is 1.35. The minimum absolute atomic E-state index is 0.00673. The molecule has 710 valence electrons. The molecule has 5 aliphatic carbocycles. The van der Waals surface area contributed by atoms with Crippen molar-refractivity contribution >= 4 is 18.0 Å². The molecule has 9 heterocycles. The van der Waals surface area contributed by atoms with Crippen LogP contribution in [0.1, 0.15) is 233 Å². The van der Waals surface area contributed by atoms with Crippen molar-refractivity contribution in [3.63, 3.8) is 0 Å². The topological polar surface area (TPSA) is 333 Å². The quantitative estimate of drug-likeness (QED) is 0.0161. The van der Waals surface area contributed by atoms with E-state index in [9.17, 15) is 20.7 Å². The molecule has 128 heavy (non-hydrogen) atoms. The Bertz CT molecular complexity index is 4350. The largest absolute Gasteiger partial charge is 0.432 e. The van der Waals surface area contributed by atoms with Crippen molar-refractivity contribution in [2.24, 2.45) is 114 Å². The Labute approximate surface area is 756 Å². The second-order valence-corrected chi connectivity index (χ2v) is 43.3. The van der Waals surface area contributed by atoms with E-state index in [4.69, 9.17) is 94.7 Å². The molecule has 9 aliphatic heterocycles. The summed E-state index contributed by atoms with van der Waals surface area (Å²) in [5.41, 5.74) is 18.7. The fourth-order valence-electron chi connectivity index (χ4n) is 26.6. The summed E-state index contributed by atoms with van der Waals surface area (Å²) in [6.07, 6.45) is -8.00. The van der Waals surface area contributed by atoms with Crippen molar-refractivity contribution in [2.75, 3.05) is 33.5 Å². The number of hydrogen-bond acceptors (Lipinski definition) is 25. The number of rotatable bonds is 26. The summed E-state index contributed by atoms with van der Waals surface area (Å²) in [6, 6.07) is 18.8. The molecule has 0 N–H and O–H groups in total. The van der Waals surface area contributed by atoms with Gasteiger partial charge in [-0.2, -0.15) is 0 Å². The van der Waals surface area contributed by atoms with Gasteiger partial charge in [0.05, 0.1) is 87.2 Å². The Balaban J connectivity index is 0.662. The average molecular weight is 1790 g/mol. The van der Waals surface area contributed by atoms with Gasteiger partial charge < -0.3 is 99.5 Å². The number of carbonyl (C=O) groups is 3. The Morgan fingerprint density at radius 3 is 1.95 bits per heavy atom. The number of carbonyl (C=O) groups excluding carboxylic acids is 3. The molecule has 0 radical (unpaired) electrons. The van der Waals surface area contributed by atoms with Crippen molar-refractivity contribution in [3.05, 3.63) is 104 Å². The monoisotopic (exact) mass is 1790 g/mol. The lowest BCUT2D eigenvalue weighted by Gasteiger charge is -2.71. The Morgan fingerprint density at radius 1 is 0.586 bits per heavy atom. The van der Waals surface area contributed by atoms with Gasteiger partial charge in [-0.1, -0.05) is 200 Å². The molecule has 0 amide bonds. The standard InChI is InChI=1S/C99H146N6O23/c1-23-66-54(6)53(5)56(8)85(115-66)123-80-76(120-83-55(7)52(4)51(3)46-111-83)58(10)74(60(12)107)118-88(80)117-71-38-39-94(18)69(95(71,19)49-106)37-40-96(20)70(94)36-35-64-65-43-92(14,15)41-42-99(65,72(109-22)44-97(64,96)21)91(108)125-87-77(57(9)73(103-105-101)67(116-87)45-102-104-100)121-89-81-79(126-93(16,17)127-81)78(61(13)114-89)122-84-59(11)75(68(48-112-84)110-47-62-31-27-25-28-32-62)119-90-82-98(24-2,50-113-90)128-86(124-82)63-33-29-26-30-34-63/h25-35,49,51-59,61,65-90H,23-24,36-48,50H2,1-22H3/t51-,52+,53+,54-,55?,56?,57?,58-,59?,61-,65?,66?,67-,68-,69-,70?,71+,72?,73-,74?,75?,76+,77?,78+,79?,80?,81?,82?,83+,84+,85+,86+,87+,88-,89+,90+,94?,95-,96+,97-,98+,99-/m1/s1. The third-order valence-corrected chi connectivity index (χ3v) is 35.2. The van der Waals surface area contributed by atoms with E-state index in [0.717, 1.165) is 36.7 Å². The van der Waals surface area contributed by atoms with Crippen molar-refractivity contribution < 1.29 is 109 Å². The van der Waals surface area contributed by atoms with Crippen LogP contribution in [0.4, 0.5) is 0 Å². The summed E-state index contributed by atoms with van der Waals surface area (Å²) >= 11 is 0. The van der Waals surface area contributed by atoms with E-state index in [1.807, 2.05) is 102 Å². The minimum Gasteiger partial charge on any atom is -0.432 e. The summed E-state index contributed by atoms with van der Waals surface area (Å²) in [5.74, 6) is -2.83. The van der Waals surface area contributed by atoms with Crippen LogP contribution < -0.4 is 0 Å². The minimum atomic E-state index is -1.49. The number of allylic oxidation sites excluding steroid dienone is 2. The van der Waals surface area contributed by atoms with Crippen molar-refractivity contribution in [1.29, 1.82) is 0 Å². The first kappa shape index (κ1) is 96.0. The molecule has 14 aliphatic rings. The van der Waals surface area contributed by atoms with Gasteiger partial charge in [-0.25, -0.2) is 0 Å². The molecule has 0 spiro atoms. The van der Waals surface area contributed by atoms with E-state index in [2.05, 4.69) is 123 Å². The van der Waals surface area contributed by atoms with Gasteiger partial charge in [-0.05, 0) is 184 Å². The number of nitrogens with zero attached hydrogens (tertiary/aromatic N) is 6. The number of Topliss-reactive ketones (excluding diaryl/α,β-unsaturated/α-hetero) is 1. The molecule has 4 saturated carbocycles. The molecule has 16 unspecified atom stereocenters. The first-order chi connectivity index (χ1) is 60.9. The number of ketones is 1. The van der Waals surface area contributed by atoms with E-state index < -0.39 is 199 Å². The number of esters is 1. The Morgan fingerprint density at radius 2 is 1.26 bits per heavy atom. The van der Waals surface area contributed by atoms with Crippen LogP contribution in [0.25, 0.3) is 20.9 Å². The number of fused-ring (bicyclic) bond motifs is 9. The molecular formula is C99H146N6O23. The van der Waals surface area contributed by atoms with Gasteiger partial charge in [-0.3, -0.25) is 9.59 Å². The molecule has 2 aromatic rings. The van der Waals surface area contributed by atoms with E-state index >= 15 is 4.79 Å². The number of azide groups is 2. The van der Waals surface area contributed by atoms with Crippen molar-refractivity contribution in [2.45, 2.75) is 382 Å². The third-order valence-electron chi connectivity index (χ3n) is 35.2. The number of benzene rings is 2. The molecule has 0 aromatic heterocycles. The zero-order valence-corrected chi connectivity index (χ0v) is 79.6. The number of aldehydes is 1. The van der Waals surface area contributed by atoms with Crippen LogP contribution in [0.15, 0.2) is 82.5 Å². The van der Waals surface area contributed by atoms with Crippen LogP contribution in [0.2, 0.25) is 0 Å². The lowest BCUT2D eigenvalue weighted by Crippen LogP contribution is -2.69. The maximum Gasteiger partial charge on any atom is 0.317 e. The molecule has 42 atom stereocenters. The first-order valence-corrected chi connectivity index (χ1v) is 48.1. The van der Waals surface area contributed by atoms with Gasteiger partial charge in [-0.15, -0.1) is 0 Å². The van der Waals surface area contributed by atoms with Crippen LogP contribution >= 0.6 is 0 Å². The lowest BCUT2D eigenvalue weighted by molar-refractivity contribution is -0.374. The summed E-state index contributed by atoms with van der Waals surface area (Å²) in [6.45, 7) is 45.3. The lowest BCUT2D eigenvalue weighted by atomic mass is 9.33. The van der Waals surface area contributed by atoms with Gasteiger partial charge in [0.15, 0.2) is 55.6 Å². The van der Waals surface area contributed by atoms with Gasteiger partial charge in [0.2, 0.25) is 6.29 Å². The number of methoxy groups -OCH3 is 1. The van der Waals surface area contributed by atoms with Gasteiger partial charge in [0, 0.05) is 46.2 Å². The smallest absolute Gasteiger partial charge is 0.317 e. The van der Waals surface area contributed by atoms with Gasteiger partial charge in [0.25, 0.3) is 0 Å². The zero-order chi connectivity index (χ0) is 91.4. The van der Waals surface area contributed by atoms with Crippen LogP contribution in [-0.4, -0.2) is 205 Å². The third kappa shape index (κ3) is 17.1. The molecular weight excluding hydrogens is 1640 g/mol. The zero-order valence-electron chi connectivity index (χ0n) is 79.6. The maximum atomic E-state index is 16.8. The molecule has 0 bridgehead atoms. The van der Waals surface area contributed by atoms with E-state index in [1.165, 1.54) is 5.57 Å². The van der Waals surface area contributed by atoms with Crippen molar-refractivity contribution in [1.82, 2.24) is 0 Å². The Kier molecular flexibility index (Phi) is 28.1. The fourth-order valence-corrected chi connectivity index (χ4v) is 26.6. The van der Waals surface area contributed by atoms with Crippen molar-refractivity contribution in [3.8, 4) is 0 Å². The van der Waals surface area contributed by atoms with E-state index in [-0.39, 0.29) is 78.0 Å². The predicted molar refractivity (Wildman–Crippen MR) is 468 cm³/mol. The summed E-state index contributed by atoms with van der Waals surface area (Å²) < 4.78 is 139. The van der Waals surface area contributed by atoms with Crippen LogP contribution in [0.3, 0.4) is 0 Å². The highest BCUT2D eigenvalue weighted by molar-refractivity contribution is 5.81. The fraction of sp³-hybridized carbons (Fsp3) is 0.828. The molecule has 29 nitrogen and oxygen atoms in total. The Hall–Kier alpha value is -5.15. The second kappa shape index (κ2) is 37.5. The van der Waals surface area contributed by atoms with Gasteiger partial charge in [0.1, 0.15) is 66.1 Å². The molecule has 9 saturated heterocycles. The van der Waals surface area contributed by atoms with Crippen LogP contribution in [0.5, 0.6) is 0 Å². The summed E-state index contributed by atoms with van der Waals surface area (Å²) in [5, 5.41) is 8.22. The number of ether oxygens (including phenoxy) is 20. The number of hydrogen-bond donors (Lipinski definition) is 0. The molecule has 29 heteroatoms. The molecule has 16 rings (SSSR count). The van der Waals surface area contributed by atoms with Crippen LogP contribution in [0, 0.1) is 104 Å². The summed E-state index contributed by atoms with van der Waals surface area (Å²) in [4.78, 5) is 52.0. The second-order valence-electron chi connectivity index (χ2n) is 43.3. The first-order valence-electron chi connectivity index (χ1n) is 48.1. The predicted octanol–water partition coefficient (Wildman–Crippen LogP) is 17.5. The highest BCUT2D eigenvalue weighted by atomic mass is 16.8.